The van der Waals surface area contributed by atoms with Gasteiger partial charge in [0.15, 0.2) is 0 Å². The van der Waals surface area contributed by atoms with E-state index in [4.69, 9.17) is 0 Å². The summed E-state index contributed by atoms with van der Waals surface area (Å²) < 4.78 is 25.4. The number of Topliss-reactive ketones (excluding diaryl/α,β-unsaturated/α-hetero) is 1. The molecule has 2 saturated carbocycles. The van der Waals surface area contributed by atoms with Gasteiger partial charge >= 0.3 is 0 Å². The van der Waals surface area contributed by atoms with Crippen LogP contribution in [0, 0.1) is 11.8 Å². The lowest BCUT2D eigenvalue weighted by atomic mass is 10.0. The summed E-state index contributed by atoms with van der Waals surface area (Å²) in [7, 11) is 0. The van der Waals surface area contributed by atoms with Crippen molar-refractivity contribution < 1.29 is 13.6 Å². The lowest BCUT2D eigenvalue weighted by molar-refractivity contribution is -0.118. The van der Waals surface area contributed by atoms with Crippen molar-refractivity contribution in [3.63, 3.8) is 0 Å². The summed E-state index contributed by atoms with van der Waals surface area (Å²) in [6.45, 7) is 0. The van der Waals surface area contributed by atoms with Crippen LogP contribution < -0.4 is 0 Å². The summed E-state index contributed by atoms with van der Waals surface area (Å²) in [5.41, 5.74) is 0. The molecule has 0 spiro atoms. The zero-order chi connectivity index (χ0) is 8.06. The van der Waals surface area contributed by atoms with Gasteiger partial charge in [0.1, 0.15) is 5.78 Å². The molecule has 2 atom stereocenters. The normalized spacial score (nSPS) is 41.1. The molecule has 0 aromatic rings. The van der Waals surface area contributed by atoms with Crippen LogP contribution in [0.4, 0.5) is 8.78 Å². The van der Waals surface area contributed by atoms with Crippen LogP contribution in [0.25, 0.3) is 0 Å². The summed E-state index contributed by atoms with van der Waals surface area (Å²) in [4.78, 5) is 10.8. The highest BCUT2D eigenvalue weighted by molar-refractivity contribution is 5.81. The highest BCUT2D eigenvalue weighted by Crippen LogP contribution is 2.49. The number of hydrogen-bond acceptors (Lipinski definition) is 1. The molecule has 0 N–H and O–H groups in total. The molecular formula is C8H10F2O. The molecule has 0 saturated heterocycles. The minimum absolute atomic E-state index is 0.00231. The fourth-order valence-electron chi connectivity index (χ4n) is 2.33. The second-order valence-corrected chi connectivity index (χ2v) is 3.73. The average molecular weight is 160 g/mol. The fourth-order valence-corrected chi connectivity index (χ4v) is 2.33. The number of fused-ring (bicyclic) bond motifs is 1. The molecule has 2 rings (SSSR count). The summed E-state index contributed by atoms with van der Waals surface area (Å²) in [5, 5.41) is 0. The van der Waals surface area contributed by atoms with Crippen molar-refractivity contribution in [2.45, 2.75) is 31.6 Å². The maximum atomic E-state index is 12.7. The van der Waals surface area contributed by atoms with E-state index in [9.17, 15) is 13.6 Å². The van der Waals surface area contributed by atoms with E-state index >= 15 is 0 Å². The van der Waals surface area contributed by atoms with Crippen molar-refractivity contribution in [2.75, 3.05) is 0 Å². The first-order valence-corrected chi connectivity index (χ1v) is 3.96. The Morgan fingerprint density at radius 3 is 2.09 bits per heavy atom. The van der Waals surface area contributed by atoms with E-state index in [0.29, 0.717) is 12.8 Å². The molecule has 0 aromatic heterocycles. The first kappa shape index (κ1) is 7.19. The van der Waals surface area contributed by atoms with E-state index in [2.05, 4.69) is 0 Å². The zero-order valence-corrected chi connectivity index (χ0v) is 6.15. The predicted octanol–water partition coefficient (Wildman–Crippen LogP) is 2.01. The van der Waals surface area contributed by atoms with E-state index < -0.39 is 5.92 Å². The number of alkyl halides is 2. The van der Waals surface area contributed by atoms with Crippen LogP contribution in [0.15, 0.2) is 0 Å². The smallest absolute Gasteiger partial charge is 0.248 e. The Kier molecular flexibility index (Phi) is 1.32. The predicted molar refractivity (Wildman–Crippen MR) is 35.4 cm³/mol. The van der Waals surface area contributed by atoms with Gasteiger partial charge in [-0.25, -0.2) is 8.78 Å². The summed E-state index contributed by atoms with van der Waals surface area (Å²) in [6.07, 6.45) is 0.702. The standard InChI is InChI=1S/C8H10F2O/c9-8(10)3-5-1-7(11)2-6(5)4-8/h5-6H,1-4H2/t5-,6-/m0/s1. The maximum Gasteiger partial charge on any atom is 0.248 e. The molecule has 0 heterocycles. The molecule has 2 fully saturated rings. The van der Waals surface area contributed by atoms with Crippen molar-refractivity contribution in [3.8, 4) is 0 Å². The van der Waals surface area contributed by atoms with Crippen molar-refractivity contribution in [1.29, 1.82) is 0 Å². The Labute approximate surface area is 63.8 Å². The van der Waals surface area contributed by atoms with E-state index in [-0.39, 0.29) is 30.5 Å². The molecule has 1 nitrogen and oxygen atoms in total. The lowest BCUT2D eigenvalue weighted by Crippen LogP contribution is -2.11. The lowest BCUT2D eigenvalue weighted by Gasteiger charge is -2.07. The van der Waals surface area contributed by atoms with Gasteiger partial charge in [-0.3, -0.25) is 4.79 Å². The van der Waals surface area contributed by atoms with Gasteiger partial charge in [-0.05, 0) is 11.8 Å². The van der Waals surface area contributed by atoms with E-state index in [1.165, 1.54) is 0 Å². The number of hydrogen-bond donors (Lipinski definition) is 0. The van der Waals surface area contributed by atoms with Crippen LogP contribution in [0.1, 0.15) is 25.7 Å². The number of carbonyl (C=O) groups excluding carboxylic acids is 1. The average Bonchev–Trinajstić information content (AvgIpc) is 2.17. The monoisotopic (exact) mass is 160 g/mol. The molecule has 3 heteroatoms. The highest BCUT2D eigenvalue weighted by Gasteiger charge is 2.50. The quantitative estimate of drug-likeness (QED) is 0.529. The van der Waals surface area contributed by atoms with Gasteiger partial charge in [-0.1, -0.05) is 0 Å². The minimum Gasteiger partial charge on any atom is -0.300 e. The van der Waals surface area contributed by atoms with Crippen molar-refractivity contribution in [1.82, 2.24) is 0 Å². The van der Waals surface area contributed by atoms with Crippen LogP contribution in [-0.4, -0.2) is 11.7 Å². The van der Waals surface area contributed by atoms with Gasteiger partial charge in [-0.15, -0.1) is 0 Å². The van der Waals surface area contributed by atoms with Gasteiger partial charge in [0.2, 0.25) is 5.92 Å². The summed E-state index contributed by atoms with van der Waals surface area (Å²) in [6, 6.07) is 0. The van der Waals surface area contributed by atoms with Crippen molar-refractivity contribution in [3.05, 3.63) is 0 Å². The fraction of sp³-hybridized carbons (Fsp3) is 0.875. The van der Waals surface area contributed by atoms with E-state index in [1.54, 1.807) is 0 Å². The maximum absolute atomic E-state index is 12.7. The number of halogens is 2. The van der Waals surface area contributed by atoms with Gasteiger partial charge in [-0.2, -0.15) is 0 Å². The van der Waals surface area contributed by atoms with Gasteiger partial charge in [0.05, 0.1) is 0 Å². The number of rotatable bonds is 0. The Hall–Kier alpha value is -0.470. The highest BCUT2D eigenvalue weighted by atomic mass is 19.3. The van der Waals surface area contributed by atoms with Crippen LogP contribution in [0.2, 0.25) is 0 Å². The Balaban J connectivity index is 2.09. The van der Waals surface area contributed by atoms with Crippen LogP contribution >= 0.6 is 0 Å². The second-order valence-electron chi connectivity index (χ2n) is 3.73. The SMILES string of the molecule is O=C1C[C@H]2CC(F)(F)C[C@@H]2C1. The number of ketones is 1. The molecule has 11 heavy (non-hydrogen) atoms. The van der Waals surface area contributed by atoms with E-state index in [1.807, 2.05) is 0 Å². The van der Waals surface area contributed by atoms with Gasteiger partial charge in [0.25, 0.3) is 0 Å². The number of carbonyl (C=O) groups is 1. The molecule has 0 amide bonds. The molecule has 0 radical (unpaired) electrons. The molecule has 62 valence electrons. The summed E-state index contributed by atoms with van der Waals surface area (Å²) >= 11 is 0. The molecule has 0 aromatic carbocycles. The first-order chi connectivity index (χ1) is 5.07. The third-order valence-corrected chi connectivity index (χ3v) is 2.77. The van der Waals surface area contributed by atoms with E-state index in [0.717, 1.165) is 0 Å². The van der Waals surface area contributed by atoms with Crippen LogP contribution in [-0.2, 0) is 4.79 Å². The molecule has 0 aliphatic heterocycles. The van der Waals surface area contributed by atoms with Crippen molar-refractivity contribution in [2.24, 2.45) is 11.8 Å². The topological polar surface area (TPSA) is 17.1 Å². The first-order valence-electron chi connectivity index (χ1n) is 3.96. The second kappa shape index (κ2) is 2.02. The molecule has 0 bridgehead atoms. The molecule has 2 aliphatic rings. The van der Waals surface area contributed by atoms with Gasteiger partial charge in [0, 0.05) is 25.7 Å². The molecule has 0 unspecified atom stereocenters. The van der Waals surface area contributed by atoms with Crippen LogP contribution in [0.5, 0.6) is 0 Å². The molecule has 2 aliphatic carbocycles. The zero-order valence-electron chi connectivity index (χ0n) is 6.15. The third-order valence-electron chi connectivity index (χ3n) is 2.77. The van der Waals surface area contributed by atoms with Crippen molar-refractivity contribution >= 4 is 5.78 Å². The minimum atomic E-state index is -2.48. The Morgan fingerprint density at radius 1 is 1.18 bits per heavy atom. The third kappa shape index (κ3) is 1.17. The largest absolute Gasteiger partial charge is 0.300 e. The van der Waals surface area contributed by atoms with Crippen LogP contribution in [0.3, 0.4) is 0 Å². The Morgan fingerprint density at radius 2 is 1.64 bits per heavy atom. The Bertz CT molecular complexity index is 182. The summed E-state index contributed by atoms with van der Waals surface area (Å²) in [5.74, 6) is -2.30. The van der Waals surface area contributed by atoms with Gasteiger partial charge < -0.3 is 0 Å². The molecular weight excluding hydrogens is 150 g/mol.